The van der Waals surface area contributed by atoms with E-state index in [1.54, 1.807) is 0 Å². The van der Waals surface area contributed by atoms with Gasteiger partial charge in [-0.3, -0.25) is 4.57 Å². The van der Waals surface area contributed by atoms with E-state index in [2.05, 4.69) is 0 Å². The van der Waals surface area contributed by atoms with Gasteiger partial charge in [-0.1, -0.05) is 11.6 Å². The van der Waals surface area contributed by atoms with Gasteiger partial charge < -0.3 is 14.5 Å². The van der Waals surface area contributed by atoms with Crippen molar-refractivity contribution in [3.63, 3.8) is 0 Å². The molecule has 4 nitrogen and oxygen atoms in total. The fourth-order valence-electron chi connectivity index (χ4n) is 0.701. The molecule has 11 heavy (non-hydrogen) atoms. The van der Waals surface area contributed by atoms with Crippen LogP contribution in [0.25, 0.3) is 0 Å². The summed E-state index contributed by atoms with van der Waals surface area (Å²) in [4.78, 5) is 14.3. The van der Waals surface area contributed by atoms with Crippen LogP contribution in [-0.2, 0) is 9.30 Å². The maximum absolute atomic E-state index is 8.74. The van der Waals surface area contributed by atoms with E-state index in [0.717, 1.165) is 13.0 Å². The molecule has 0 bridgehead atoms. The molecular formula is C5H12ClO4P. The highest BCUT2D eigenvalue weighted by Crippen LogP contribution is 2.14. The highest BCUT2D eigenvalue weighted by atomic mass is 35.5. The fourth-order valence-corrected chi connectivity index (χ4v) is 0.945. The summed E-state index contributed by atoms with van der Waals surface area (Å²) in [6, 6.07) is 0. The molecule has 0 spiro atoms. The third-order valence-corrected chi connectivity index (χ3v) is 1.47. The van der Waals surface area contributed by atoms with E-state index in [0.29, 0.717) is 0 Å². The first kappa shape index (κ1) is 11.4. The van der Waals surface area contributed by atoms with Gasteiger partial charge in [0.05, 0.1) is 0 Å². The molecule has 1 heterocycles. The molecular weight excluding hydrogens is 190 g/mol. The first-order chi connectivity index (χ1) is 5.13. The van der Waals surface area contributed by atoms with Crippen molar-refractivity contribution in [1.82, 2.24) is 0 Å². The standard InChI is InChI=1S/C5H9ClO.H3O3P/c6-5-3-1-2-4-7-5;1-4(2)3/h5H,1-4H2;4H,(H2,1,2,3). The minimum Gasteiger partial charge on any atom is -0.362 e. The van der Waals surface area contributed by atoms with Crippen molar-refractivity contribution >= 4 is 19.9 Å². The first-order valence-corrected chi connectivity index (χ1v) is 5.04. The van der Waals surface area contributed by atoms with Gasteiger partial charge in [-0.25, -0.2) is 0 Å². The average molecular weight is 203 g/mol. The Hall–Kier alpha value is 0.400. The Bertz CT molecular complexity index is 111. The van der Waals surface area contributed by atoms with Crippen molar-refractivity contribution in [2.24, 2.45) is 0 Å². The maximum atomic E-state index is 8.74. The van der Waals surface area contributed by atoms with E-state index in [9.17, 15) is 0 Å². The molecule has 0 aromatic rings. The van der Waals surface area contributed by atoms with Gasteiger partial charge in [0, 0.05) is 6.61 Å². The van der Waals surface area contributed by atoms with Gasteiger partial charge in [-0.15, -0.1) is 0 Å². The monoisotopic (exact) mass is 202 g/mol. The molecule has 0 radical (unpaired) electrons. The summed E-state index contributed by atoms with van der Waals surface area (Å²) in [5.74, 6) is 0. The average Bonchev–Trinajstić information content (AvgIpc) is 1.87. The number of hydrogen-bond acceptors (Lipinski definition) is 2. The van der Waals surface area contributed by atoms with Gasteiger partial charge in [-0.2, -0.15) is 0 Å². The zero-order chi connectivity index (χ0) is 8.69. The van der Waals surface area contributed by atoms with Crippen LogP contribution in [0.1, 0.15) is 19.3 Å². The smallest absolute Gasteiger partial charge is 0.314 e. The van der Waals surface area contributed by atoms with Crippen LogP contribution in [0.3, 0.4) is 0 Å². The topological polar surface area (TPSA) is 66.8 Å². The molecule has 1 fully saturated rings. The highest BCUT2D eigenvalue weighted by molar-refractivity contribution is 7.30. The Labute approximate surface area is 71.1 Å². The Morgan fingerprint density at radius 3 is 2.18 bits per heavy atom. The summed E-state index contributed by atoms with van der Waals surface area (Å²) in [5, 5.41) is 0. The van der Waals surface area contributed by atoms with Crippen LogP contribution in [-0.4, -0.2) is 22.0 Å². The molecule has 0 aliphatic carbocycles. The molecule has 1 unspecified atom stereocenters. The zero-order valence-electron chi connectivity index (χ0n) is 5.99. The summed E-state index contributed by atoms with van der Waals surface area (Å²) in [7, 11) is -3.13. The largest absolute Gasteiger partial charge is 0.362 e. The number of ether oxygens (including phenoxy) is 1. The molecule has 0 amide bonds. The van der Waals surface area contributed by atoms with Crippen LogP contribution in [0.15, 0.2) is 0 Å². The second-order valence-corrected chi connectivity index (χ2v) is 3.11. The Balaban J connectivity index is 0.000000218. The lowest BCUT2D eigenvalue weighted by molar-refractivity contribution is 0.0680. The van der Waals surface area contributed by atoms with Crippen LogP contribution in [0.2, 0.25) is 0 Å². The third-order valence-electron chi connectivity index (χ3n) is 1.12. The second kappa shape index (κ2) is 7.07. The molecule has 0 aromatic heterocycles. The summed E-state index contributed by atoms with van der Waals surface area (Å²) in [5.41, 5.74) is 0.00810. The van der Waals surface area contributed by atoms with Gasteiger partial charge >= 0.3 is 8.25 Å². The van der Waals surface area contributed by atoms with Crippen LogP contribution in [0.4, 0.5) is 0 Å². The Morgan fingerprint density at radius 1 is 1.45 bits per heavy atom. The highest BCUT2D eigenvalue weighted by Gasteiger charge is 2.08. The molecule has 0 aromatic carbocycles. The second-order valence-electron chi connectivity index (χ2n) is 2.06. The number of alkyl halides is 1. The van der Waals surface area contributed by atoms with Crippen molar-refractivity contribution in [1.29, 1.82) is 0 Å². The SMILES string of the molecule is ClC1CCCCO1.O=[PH](O)O. The minimum absolute atomic E-state index is 0.00810. The molecule has 2 N–H and O–H groups in total. The lowest BCUT2D eigenvalue weighted by Gasteiger charge is -2.15. The summed E-state index contributed by atoms with van der Waals surface area (Å²) >= 11 is 5.59. The molecule has 1 aliphatic heterocycles. The van der Waals surface area contributed by atoms with Crippen molar-refractivity contribution in [2.75, 3.05) is 6.61 Å². The molecule has 1 atom stereocenters. The summed E-state index contributed by atoms with van der Waals surface area (Å²) < 4.78 is 13.8. The van der Waals surface area contributed by atoms with Gasteiger partial charge in [0.2, 0.25) is 0 Å². The Kier molecular flexibility index (Phi) is 7.33. The predicted octanol–water partition coefficient (Wildman–Crippen LogP) is 1.11. The van der Waals surface area contributed by atoms with Gasteiger partial charge in [0.1, 0.15) is 5.56 Å². The molecule has 1 rings (SSSR count). The van der Waals surface area contributed by atoms with E-state index in [1.807, 2.05) is 0 Å². The first-order valence-electron chi connectivity index (χ1n) is 3.30. The van der Waals surface area contributed by atoms with E-state index in [-0.39, 0.29) is 5.56 Å². The van der Waals surface area contributed by atoms with E-state index in [4.69, 9.17) is 30.7 Å². The van der Waals surface area contributed by atoms with E-state index < -0.39 is 8.25 Å². The quantitative estimate of drug-likeness (QED) is 0.456. The maximum Gasteiger partial charge on any atom is 0.314 e. The van der Waals surface area contributed by atoms with Crippen molar-refractivity contribution < 1.29 is 19.1 Å². The van der Waals surface area contributed by atoms with Gasteiger partial charge in [0.15, 0.2) is 0 Å². The Morgan fingerprint density at radius 2 is 2.00 bits per heavy atom. The van der Waals surface area contributed by atoms with Gasteiger partial charge in [0.25, 0.3) is 0 Å². The van der Waals surface area contributed by atoms with Crippen molar-refractivity contribution in [3.05, 3.63) is 0 Å². The van der Waals surface area contributed by atoms with Crippen molar-refractivity contribution in [3.8, 4) is 0 Å². The fraction of sp³-hybridized carbons (Fsp3) is 1.00. The molecule has 6 heteroatoms. The summed E-state index contributed by atoms with van der Waals surface area (Å²) in [6.45, 7) is 0.855. The number of halogens is 1. The molecule has 1 saturated heterocycles. The molecule has 68 valence electrons. The lowest BCUT2D eigenvalue weighted by atomic mass is 10.2. The molecule has 0 saturated carbocycles. The normalized spacial score (nSPS) is 24.2. The minimum atomic E-state index is -3.13. The molecule has 1 aliphatic rings. The number of hydrogen-bond donors (Lipinski definition) is 2. The van der Waals surface area contributed by atoms with E-state index in [1.165, 1.54) is 12.8 Å². The van der Waals surface area contributed by atoms with Crippen LogP contribution in [0.5, 0.6) is 0 Å². The van der Waals surface area contributed by atoms with Crippen LogP contribution in [0, 0.1) is 0 Å². The summed E-state index contributed by atoms with van der Waals surface area (Å²) in [6.07, 6.45) is 3.44. The van der Waals surface area contributed by atoms with Crippen molar-refractivity contribution in [2.45, 2.75) is 24.8 Å². The van der Waals surface area contributed by atoms with Crippen LogP contribution < -0.4 is 0 Å². The zero-order valence-corrected chi connectivity index (χ0v) is 7.75. The number of rotatable bonds is 0. The van der Waals surface area contributed by atoms with Gasteiger partial charge in [-0.05, 0) is 19.3 Å². The predicted molar refractivity (Wildman–Crippen MR) is 42.9 cm³/mol. The third kappa shape index (κ3) is 10.4. The van der Waals surface area contributed by atoms with Crippen LogP contribution >= 0.6 is 19.9 Å². The lowest BCUT2D eigenvalue weighted by Crippen LogP contribution is -2.11. The van der Waals surface area contributed by atoms with E-state index >= 15 is 0 Å².